The van der Waals surface area contributed by atoms with Crippen molar-refractivity contribution in [3.63, 3.8) is 0 Å². The van der Waals surface area contributed by atoms with Gasteiger partial charge in [-0.1, -0.05) is 6.07 Å². The van der Waals surface area contributed by atoms with Crippen molar-refractivity contribution in [1.82, 2.24) is 4.57 Å². The summed E-state index contributed by atoms with van der Waals surface area (Å²) in [5.74, 6) is -0.340. The van der Waals surface area contributed by atoms with Crippen LogP contribution in [0.3, 0.4) is 0 Å². The van der Waals surface area contributed by atoms with Gasteiger partial charge in [-0.25, -0.2) is 4.39 Å². The summed E-state index contributed by atoms with van der Waals surface area (Å²) in [6, 6.07) is 9.72. The highest BCUT2D eigenvalue weighted by molar-refractivity contribution is 5.84. The van der Waals surface area contributed by atoms with Gasteiger partial charge in [0.15, 0.2) is 0 Å². The Kier molecular flexibility index (Phi) is 5.07. The molecule has 154 valence electrons. The highest BCUT2D eigenvalue weighted by Gasteiger charge is 2.34. The summed E-state index contributed by atoms with van der Waals surface area (Å²) in [4.78, 5) is 10.8. The Bertz CT molecular complexity index is 1120. The summed E-state index contributed by atoms with van der Waals surface area (Å²) in [6.45, 7) is -0.183. The maximum absolute atomic E-state index is 14.3. The van der Waals surface area contributed by atoms with Crippen molar-refractivity contribution in [1.29, 1.82) is 0 Å². The lowest BCUT2D eigenvalue weighted by Gasteiger charge is -2.18. The predicted molar refractivity (Wildman–Crippen MR) is 101 cm³/mol. The molecule has 2 heterocycles. The number of fused-ring (bicyclic) bond motifs is 1. The van der Waals surface area contributed by atoms with Crippen molar-refractivity contribution < 1.29 is 31.8 Å². The molecule has 0 unspecified atom stereocenters. The number of nitrogens with zero attached hydrogens (tertiary/aromatic N) is 1. The van der Waals surface area contributed by atoms with Gasteiger partial charge in [0.25, 0.3) is 0 Å². The Morgan fingerprint density at radius 2 is 1.90 bits per heavy atom. The molecule has 0 spiro atoms. The summed E-state index contributed by atoms with van der Waals surface area (Å²) < 4.78 is 67.2. The number of carbonyl (C=O) groups is 1. The highest BCUT2D eigenvalue weighted by Crippen LogP contribution is 2.36. The van der Waals surface area contributed by atoms with Gasteiger partial charge in [0, 0.05) is 30.1 Å². The Balaban J connectivity index is 1.58. The molecule has 0 saturated heterocycles. The minimum Gasteiger partial charge on any atom is -0.489 e. The van der Waals surface area contributed by atoms with Gasteiger partial charge in [-0.05, 0) is 35.9 Å². The Labute approximate surface area is 169 Å². The molecular formula is C22H15F4NO3. The maximum Gasteiger partial charge on any atom is 0.418 e. The quantitative estimate of drug-likeness (QED) is 0.424. The zero-order valence-corrected chi connectivity index (χ0v) is 15.4. The highest BCUT2D eigenvalue weighted by atomic mass is 19.4. The number of carbonyl (C=O) groups excluding carboxylic acids is 1. The second-order valence-electron chi connectivity index (χ2n) is 6.67. The number of alkyl halides is 3. The number of benzene rings is 2. The van der Waals surface area contributed by atoms with E-state index in [0.29, 0.717) is 11.9 Å². The largest absolute Gasteiger partial charge is 0.489 e. The van der Waals surface area contributed by atoms with E-state index in [1.807, 2.05) is 0 Å². The second kappa shape index (κ2) is 7.70. The minimum absolute atomic E-state index is 0.00208. The molecule has 8 heteroatoms. The van der Waals surface area contributed by atoms with E-state index >= 15 is 0 Å². The molecule has 0 bridgehead atoms. The molecule has 3 aromatic rings. The van der Waals surface area contributed by atoms with Crippen molar-refractivity contribution >= 4 is 12.4 Å². The van der Waals surface area contributed by atoms with Crippen LogP contribution in [0.4, 0.5) is 17.6 Å². The Morgan fingerprint density at radius 1 is 1.13 bits per heavy atom. The first kappa shape index (κ1) is 19.8. The van der Waals surface area contributed by atoms with E-state index in [4.69, 9.17) is 9.47 Å². The summed E-state index contributed by atoms with van der Waals surface area (Å²) in [5.41, 5.74) is -0.0855. The molecular weight excluding hydrogens is 402 g/mol. The first-order valence-electron chi connectivity index (χ1n) is 8.93. The van der Waals surface area contributed by atoms with Gasteiger partial charge in [-0.3, -0.25) is 4.79 Å². The summed E-state index contributed by atoms with van der Waals surface area (Å²) >= 11 is 0. The third-order valence-electron chi connectivity index (χ3n) is 4.60. The van der Waals surface area contributed by atoms with Crippen molar-refractivity contribution in [2.45, 2.75) is 12.8 Å². The smallest absolute Gasteiger partial charge is 0.418 e. The lowest BCUT2D eigenvalue weighted by atomic mass is 10.1. The summed E-state index contributed by atoms with van der Waals surface area (Å²) in [5, 5.41) is 0. The summed E-state index contributed by atoms with van der Waals surface area (Å²) in [6.07, 6.45) is 0.481. The maximum atomic E-state index is 14.3. The minimum atomic E-state index is -4.55. The molecule has 1 aromatic heterocycles. The molecule has 0 aliphatic carbocycles. The van der Waals surface area contributed by atoms with Gasteiger partial charge < -0.3 is 14.0 Å². The average Bonchev–Trinajstić information content (AvgIpc) is 3.26. The van der Waals surface area contributed by atoms with Gasteiger partial charge in [0.2, 0.25) is 0 Å². The second-order valence-corrected chi connectivity index (χ2v) is 6.67. The number of aldehydes is 1. The molecule has 0 radical (unpaired) electrons. The Hall–Kier alpha value is -3.55. The van der Waals surface area contributed by atoms with Gasteiger partial charge in [0.05, 0.1) is 16.8 Å². The number of aromatic nitrogens is 1. The lowest BCUT2D eigenvalue weighted by Crippen LogP contribution is -2.12. The van der Waals surface area contributed by atoms with Crippen LogP contribution in [0.25, 0.3) is 11.8 Å². The van der Waals surface area contributed by atoms with Gasteiger partial charge in [-0.2, -0.15) is 13.2 Å². The molecule has 1 aliphatic rings. The third-order valence-corrected chi connectivity index (χ3v) is 4.60. The number of hydrogen-bond acceptors (Lipinski definition) is 3. The van der Waals surface area contributed by atoms with Crippen molar-refractivity contribution in [3.05, 3.63) is 82.9 Å². The molecule has 0 N–H and O–H groups in total. The van der Waals surface area contributed by atoms with E-state index in [1.165, 1.54) is 41.2 Å². The van der Waals surface area contributed by atoms with E-state index in [9.17, 15) is 22.4 Å². The van der Waals surface area contributed by atoms with E-state index in [2.05, 4.69) is 0 Å². The molecule has 0 atom stereocenters. The fourth-order valence-electron chi connectivity index (χ4n) is 3.15. The van der Waals surface area contributed by atoms with E-state index < -0.39 is 17.6 Å². The first-order chi connectivity index (χ1) is 14.3. The van der Waals surface area contributed by atoms with Crippen LogP contribution in [-0.4, -0.2) is 17.5 Å². The fraction of sp³-hybridized carbons (Fsp3) is 0.136. The molecule has 0 fully saturated rings. The number of ether oxygens (including phenoxy) is 2. The van der Waals surface area contributed by atoms with E-state index in [0.717, 1.165) is 12.1 Å². The van der Waals surface area contributed by atoms with Crippen LogP contribution in [-0.2, 0) is 17.6 Å². The summed E-state index contributed by atoms with van der Waals surface area (Å²) in [7, 11) is 0. The first-order valence-corrected chi connectivity index (χ1v) is 8.93. The predicted octanol–water partition coefficient (Wildman–Crippen LogP) is 5.19. The molecule has 30 heavy (non-hydrogen) atoms. The van der Waals surface area contributed by atoms with Crippen molar-refractivity contribution in [2.75, 3.05) is 6.61 Å². The molecule has 1 aliphatic heterocycles. The van der Waals surface area contributed by atoms with E-state index in [1.54, 1.807) is 12.1 Å². The molecule has 4 rings (SSSR count). The lowest BCUT2D eigenvalue weighted by molar-refractivity contribution is -0.137. The molecule has 2 aromatic carbocycles. The van der Waals surface area contributed by atoms with Crippen LogP contribution in [0, 0.1) is 5.82 Å². The van der Waals surface area contributed by atoms with Crippen LogP contribution < -0.4 is 9.47 Å². The zero-order valence-electron chi connectivity index (χ0n) is 15.4. The van der Waals surface area contributed by atoms with Crippen molar-refractivity contribution in [3.8, 4) is 17.2 Å². The molecule has 0 saturated carbocycles. The van der Waals surface area contributed by atoms with E-state index in [-0.39, 0.29) is 41.5 Å². The van der Waals surface area contributed by atoms with Crippen LogP contribution >= 0.6 is 0 Å². The molecule has 0 amide bonds. The number of hydrogen-bond donors (Lipinski definition) is 0. The normalized spacial score (nSPS) is 13.3. The Morgan fingerprint density at radius 3 is 2.60 bits per heavy atom. The SMILES string of the molecule is O=CC1=Cc2c(F)cc(OCc3ccc(-n4cccc4)c(C(F)(F)F)c3)cc2OC1. The standard InChI is InChI=1S/C22H15F4NO3/c23-19-9-16(10-21-17(19)7-15(11-28)13-30-21)29-12-14-3-4-20(27-5-1-2-6-27)18(8-14)22(24,25)26/h1-11H,12-13H2. The van der Waals surface area contributed by atoms with Crippen LogP contribution in [0.15, 0.2) is 60.4 Å². The monoisotopic (exact) mass is 417 g/mol. The van der Waals surface area contributed by atoms with Crippen LogP contribution in [0.5, 0.6) is 11.5 Å². The fourth-order valence-corrected chi connectivity index (χ4v) is 3.15. The zero-order chi connectivity index (χ0) is 21.3. The number of rotatable bonds is 5. The average molecular weight is 417 g/mol. The van der Waals surface area contributed by atoms with Crippen LogP contribution in [0.1, 0.15) is 16.7 Å². The topological polar surface area (TPSA) is 40.5 Å². The number of halogens is 4. The van der Waals surface area contributed by atoms with Gasteiger partial charge in [0.1, 0.15) is 36.8 Å². The van der Waals surface area contributed by atoms with Gasteiger partial charge >= 0.3 is 6.18 Å². The van der Waals surface area contributed by atoms with Gasteiger partial charge in [-0.15, -0.1) is 0 Å². The third kappa shape index (κ3) is 3.94. The van der Waals surface area contributed by atoms with Crippen molar-refractivity contribution in [2.24, 2.45) is 0 Å². The molecule has 4 nitrogen and oxygen atoms in total. The van der Waals surface area contributed by atoms with Crippen LogP contribution in [0.2, 0.25) is 0 Å².